The Balaban J connectivity index is 1.63. The van der Waals surface area contributed by atoms with Crippen molar-refractivity contribution >= 4 is 5.91 Å². The molecule has 3 heterocycles. The van der Waals surface area contributed by atoms with E-state index in [9.17, 15) is 4.79 Å². The van der Waals surface area contributed by atoms with E-state index < -0.39 is 0 Å². The van der Waals surface area contributed by atoms with E-state index in [4.69, 9.17) is 4.42 Å². The number of likely N-dealkylation sites (tertiary alicyclic amines) is 1. The average Bonchev–Trinajstić information content (AvgIpc) is 2.99. The fourth-order valence-electron chi connectivity index (χ4n) is 2.91. The zero-order valence-corrected chi connectivity index (χ0v) is 12.0. The van der Waals surface area contributed by atoms with Gasteiger partial charge < -0.3 is 15.1 Å². The van der Waals surface area contributed by atoms with Crippen molar-refractivity contribution in [3.63, 3.8) is 0 Å². The standard InChI is InChI=1S/C15H23N3O2/c1-11-4-5-14(20-11)13(18-6-2-3-7-18)10-17-15(19)12-8-16-9-12/h4-5,12-13,16H,2-3,6-10H2,1H3,(H,17,19). The minimum atomic E-state index is 0.146. The quantitative estimate of drug-likeness (QED) is 0.845. The molecule has 0 bridgehead atoms. The number of nitrogens with one attached hydrogen (secondary N) is 2. The van der Waals surface area contributed by atoms with Gasteiger partial charge in [0, 0.05) is 19.6 Å². The number of hydrogen-bond donors (Lipinski definition) is 2. The molecule has 5 heteroatoms. The third-order valence-electron chi connectivity index (χ3n) is 4.29. The molecule has 0 aliphatic carbocycles. The van der Waals surface area contributed by atoms with Crippen LogP contribution < -0.4 is 10.6 Å². The Morgan fingerprint density at radius 2 is 2.20 bits per heavy atom. The largest absolute Gasteiger partial charge is 0.465 e. The summed E-state index contributed by atoms with van der Waals surface area (Å²) in [7, 11) is 0. The van der Waals surface area contributed by atoms with Crippen molar-refractivity contribution < 1.29 is 9.21 Å². The first-order valence-corrected chi connectivity index (χ1v) is 7.53. The van der Waals surface area contributed by atoms with Gasteiger partial charge in [-0.1, -0.05) is 0 Å². The molecule has 1 aromatic rings. The number of carbonyl (C=O) groups excluding carboxylic acids is 1. The Bertz CT molecular complexity index is 461. The maximum atomic E-state index is 12.0. The Hall–Kier alpha value is -1.33. The van der Waals surface area contributed by atoms with E-state index in [2.05, 4.69) is 15.5 Å². The van der Waals surface area contributed by atoms with Crippen molar-refractivity contribution in [2.45, 2.75) is 25.8 Å². The van der Waals surface area contributed by atoms with E-state index in [-0.39, 0.29) is 17.9 Å². The Morgan fingerprint density at radius 3 is 2.75 bits per heavy atom. The minimum Gasteiger partial charge on any atom is -0.465 e. The van der Waals surface area contributed by atoms with Crippen LogP contribution in [0.25, 0.3) is 0 Å². The van der Waals surface area contributed by atoms with Gasteiger partial charge >= 0.3 is 0 Å². The van der Waals surface area contributed by atoms with Gasteiger partial charge in [0.25, 0.3) is 0 Å². The molecular weight excluding hydrogens is 254 g/mol. The van der Waals surface area contributed by atoms with Crippen LogP contribution in [-0.2, 0) is 4.79 Å². The lowest BCUT2D eigenvalue weighted by Gasteiger charge is -2.29. The van der Waals surface area contributed by atoms with Crippen LogP contribution in [-0.4, -0.2) is 43.5 Å². The van der Waals surface area contributed by atoms with E-state index in [0.29, 0.717) is 6.54 Å². The van der Waals surface area contributed by atoms with Crippen molar-refractivity contribution in [3.8, 4) is 0 Å². The molecule has 2 aliphatic rings. The zero-order valence-electron chi connectivity index (χ0n) is 12.0. The molecule has 0 radical (unpaired) electrons. The predicted molar refractivity (Wildman–Crippen MR) is 76.4 cm³/mol. The Labute approximate surface area is 119 Å². The van der Waals surface area contributed by atoms with Crippen molar-refractivity contribution in [1.29, 1.82) is 0 Å². The van der Waals surface area contributed by atoms with Crippen LogP contribution in [0.15, 0.2) is 16.5 Å². The van der Waals surface area contributed by atoms with Gasteiger partial charge in [0.2, 0.25) is 5.91 Å². The number of hydrogen-bond acceptors (Lipinski definition) is 4. The van der Waals surface area contributed by atoms with E-state index >= 15 is 0 Å². The van der Waals surface area contributed by atoms with Crippen LogP contribution in [0.5, 0.6) is 0 Å². The lowest BCUT2D eigenvalue weighted by molar-refractivity contribution is -0.126. The van der Waals surface area contributed by atoms with E-state index in [0.717, 1.165) is 37.7 Å². The smallest absolute Gasteiger partial charge is 0.225 e. The second-order valence-corrected chi connectivity index (χ2v) is 5.81. The normalized spacial score (nSPS) is 21.6. The summed E-state index contributed by atoms with van der Waals surface area (Å²) < 4.78 is 5.79. The Kier molecular flexibility index (Phi) is 4.08. The van der Waals surface area contributed by atoms with Crippen molar-refractivity contribution in [2.75, 3.05) is 32.7 Å². The second-order valence-electron chi connectivity index (χ2n) is 5.81. The number of nitrogens with zero attached hydrogens (tertiary/aromatic N) is 1. The van der Waals surface area contributed by atoms with Gasteiger partial charge in [-0.3, -0.25) is 9.69 Å². The molecule has 110 valence electrons. The second kappa shape index (κ2) is 5.97. The molecule has 20 heavy (non-hydrogen) atoms. The molecule has 2 fully saturated rings. The maximum absolute atomic E-state index is 12.0. The number of carbonyl (C=O) groups is 1. The number of rotatable bonds is 5. The molecule has 5 nitrogen and oxygen atoms in total. The molecule has 1 unspecified atom stereocenters. The first-order chi connectivity index (χ1) is 9.74. The number of amides is 1. The molecule has 3 rings (SSSR count). The van der Waals surface area contributed by atoms with E-state index in [1.54, 1.807) is 0 Å². The fraction of sp³-hybridized carbons (Fsp3) is 0.667. The van der Waals surface area contributed by atoms with Gasteiger partial charge in [-0.15, -0.1) is 0 Å². The summed E-state index contributed by atoms with van der Waals surface area (Å²) >= 11 is 0. The van der Waals surface area contributed by atoms with Crippen molar-refractivity contribution in [2.24, 2.45) is 5.92 Å². The third kappa shape index (κ3) is 2.88. The van der Waals surface area contributed by atoms with Crippen LogP contribution in [0.3, 0.4) is 0 Å². The van der Waals surface area contributed by atoms with Crippen LogP contribution in [0, 0.1) is 12.8 Å². The molecule has 1 amide bonds. The van der Waals surface area contributed by atoms with Crippen LogP contribution in [0.4, 0.5) is 0 Å². The van der Waals surface area contributed by atoms with Crippen LogP contribution in [0.2, 0.25) is 0 Å². The molecular formula is C15H23N3O2. The summed E-state index contributed by atoms with van der Waals surface area (Å²) in [6.45, 7) is 6.39. The lowest BCUT2D eigenvalue weighted by atomic mass is 10.0. The number of aryl methyl sites for hydroxylation is 1. The third-order valence-corrected chi connectivity index (χ3v) is 4.29. The average molecular weight is 277 g/mol. The fourth-order valence-corrected chi connectivity index (χ4v) is 2.91. The van der Waals surface area contributed by atoms with Gasteiger partial charge in [0.05, 0.1) is 12.0 Å². The SMILES string of the molecule is Cc1ccc(C(CNC(=O)C2CNC2)N2CCCC2)o1. The van der Waals surface area contributed by atoms with Crippen molar-refractivity contribution in [1.82, 2.24) is 15.5 Å². The molecule has 2 saturated heterocycles. The van der Waals surface area contributed by atoms with Gasteiger partial charge in [0.1, 0.15) is 11.5 Å². The number of furan rings is 1. The van der Waals surface area contributed by atoms with Gasteiger partial charge in [0.15, 0.2) is 0 Å². The van der Waals surface area contributed by atoms with E-state index in [1.807, 2.05) is 19.1 Å². The molecule has 1 atom stereocenters. The van der Waals surface area contributed by atoms with Crippen LogP contribution >= 0.6 is 0 Å². The maximum Gasteiger partial charge on any atom is 0.225 e. The van der Waals surface area contributed by atoms with Gasteiger partial charge in [-0.25, -0.2) is 0 Å². The summed E-state index contributed by atoms with van der Waals surface area (Å²) in [5.41, 5.74) is 0. The van der Waals surface area contributed by atoms with E-state index in [1.165, 1.54) is 12.8 Å². The zero-order chi connectivity index (χ0) is 13.9. The van der Waals surface area contributed by atoms with Crippen LogP contribution in [0.1, 0.15) is 30.4 Å². The van der Waals surface area contributed by atoms with Crippen molar-refractivity contribution in [3.05, 3.63) is 23.7 Å². The molecule has 0 spiro atoms. The monoisotopic (exact) mass is 277 g/mol. The predicted octanol–water partition coefficient (Wildman–Crippen LogP) is 1.06. The molecule has 2 N–H and O–H groups in total. The highest BCUT2D eigenvalue weighted by molar-refractivity contribution is 5.80. The van der Waals surface area contributed by atoms with Gasteiger partial charge in [-0.2, -0.15) is 0 Å². The minimum absolute atomic E-state index is 0.146. The lowest BCUT2D eigenvalue weighted by Crippen LogP contribution is -2.51. The highest BCUT2D eigenvalue weighted by Crippen LogP contribution is 2.26. The summed E-state index contributed by atoms with van der Waals surface area (Å²) in [5, 5.41) is 6.22. The first kappa shape index (κ1) is 13.6. The van der Waals surface area contributed by atoms with Gasteiger partial charge in [-0.05, 0) is 45.0 Å². The highest BCUT2D eigenvalue weighted by atomic mass is 16.3. The summed E-state index contributed by atoms with van der Waals surface area (Å²) in [4.78, 5) is 14.4. The molecule has 2 aliphatic heterocycles. The summed E-state index contributed by atoms with van der Waals surface area (Å²) in [5.74, 6) is 2.21. The molecule has 0 saturated carbocycles. The highest BCUT2D eigenvalue weighted by Gasteiger charge is 2.29. The topological polar surface area (TPSA) is 57.5 Å². The molecule has 1 aromatic heterocycles. The molecule has 0 aromatic carbocycles. The first-order valence-electron chi connectivity index (χ1n) is 7.53. The Morgan fingerprint density at radius 1 is 1.45 bits per heavy atom. The summed E-state index contributed by atoms with van der Waals surface area (Å²) in [6, 6.07) is 4.20. The summed E-state index contributed by atoms with van der Waals surface area (Å²) in [6.07, 6.45) is 2.47.